The third kappa shape index (κ3) is 1.03. The van der Waals surface area contributed by atoms with Crippen LogP contribution in [0.3, 0.4) is 0 Å². The summed E-state index contributed by atoms with van der Waals surface area (Å²) in [6.45, 7) is 0.808. The Hall–Kier alpha value is -0.920. The van der Waals surface area contributed by atoms with E-state index in [0.29, 0.717) is 5.76 Å². The topological polar surface area (TPSA) is 23.5 Å². The highest BCUT2D eigenvalue weighted by Gasteiger charge is 1.94. The maximum atomic E-state index is 8.77. The van der Waals surface area contributed by atoms with E-state index < -0.39 is 0 Å². The van der Waals surface area contributed by atoms with Crippen molar-refractivity contribution in [2.75, 3.05) is 13.6 Å². The highest BCUT2D eigenvalue weighted by molar-refractivity contribution is 5.14. The quantitative estimate of drug-likeness (QED) is 0.501. The molecule has 0 amide bonds. The van der Waals surface area contributed by atoms with Gasteiger partial charge in [-0.15, -0.1) is 0 Å². The molecule has 0 unspecified atom stereocenters. The number of hydrogen-bond donors (Lipinski definition) is 1. The van der Waals surface area contributed by atoms with Crippen molar-refractivity contribution in [3.63, 3.8) is 0 Å². The first-order valence-corrected chi connectivity index (χ1v) is 2.56. The molecule has 2 heteroatoms. The summed E-state index contributed by atoms with van der Waals surface area (Å²) < 4.78 is 0. The molecule has 1 aliphatic heterocycles. The third-order valence-electron chi connectivity index (χ3n) is 1.09. The standard InChI is InChI=1S/C6H9NO/c1-7-4-2-6(8)3-5-7/h2-4,8H,5H2,1H3. The molecular formula is C6H9NO. The Bertz CT molecular complexity index is 137. The van der Waals surface area contributed by atoms with Crippen LogP contribution in [0.5, 0.6) is 0 Å². The Morgan fingerprint density at radius 2 is 2.50 bits per heavy atom. The van der Waals surface area contributed by atoms with E-state index in [1.54, 1.807) is 12.2 Å². The molecule has 0 atom stereocenters. The number of hydrogen-bond acceptors (Lipinski definition) is 2. The number of aliphatic hydroxyl groups excluding tert-OH is 1. The van der Waals surface area contributed by atoms with Gasteiger partial charge in [0, 0.05) is 19.8 Å². The van der Waals surface area contributed by atoms with E-state index in [-0.39, 0.29) is 0 Å². The van der Waals surface area contributed by atoms with Gasteiger partial charge in [-0.2, -0.15) is 0 Å². The van der Waals surface area contributed by atoms with E-state index in [2.05, 4.69) is 0 Å². The molecular weight excluding hydrogens is 102 g/mol. The molecule has 0 spiro atoms. The fraction of sp³-hybridized carbons (Fsp3) is 0.333. The summed E-state index contributed by atoms with van der Waals surface area (Å²) in [5, 5.41) is 8.77. The SMILES string of the molecule is CN1C=CC(O)=CC1. The summed E-state index contributed by atoms with van der Waals surface area (Å²) in [6.07, 6.45) is 5.28. The van der Waals surface area contributed by atoms with Gasteiger partial charge in [-0.05, 0) is 12.2 Å². The number of nitrogens with zero attached hydrogens (tertiary/aromatic N) is 1. The summed E-state index contributed by atoms with van der Waals surface area (Å²) >= 11 is 0. The lowest BCUT2D eigenvalue weighted by Gasteiger charge is -2.13. The molecule has 0 fully saturated rings. The normalized spacial score (nSPS) is 18.6. The largest absolute Gasteiger partial charge is 0.508 e. The second-order valence-corrected chi connectivity index (χ2v) is 1.88. The van der Waals surface area contributed by atoms with Crippen LogP contribution in [0.15, 0.2) is 24.1 Å². The Morgan fingerprint density at radius 1 is 1.75 bits per heavy atom. The van der Waals surface area contributed by atoms with E-state index >= 15 is 0 Å². The molecule has 0 aromatic carbocycles. The summed E-state index contributed by atoms with van der Waals surface area (Å²) in [4.78, 5) is 1.99. The molecule has 1 N–H and O–H groups in total. The van der Waals surface area contributed by atoms with Gasteiger partial charge >= 0.3 is 0 Å². The second kappa shape index (κ2) is 1.90. The van der Waals surface area contributed by atoms with Gasteiger partial charge in [-0.1, -0.05) is 0 Å². The van der Waals surface area contributed by atoms with Gasteiger partial charge in [-0.25, -0.2) is 0 Å². The van der Waals surface area contributed by atoms with Crippen molar-refractivity contribution < 1.29 is 5.11 Å². The molecule has 0 saturated carbocycles. The maximum absolute atomic E-state index is 8.77. The van der Waals surface area contributed by atoms with Crippen molar-refractivity contribution in [3.05, 3.63) is 24.1 Å². The Balaban J connectivity index is 2.58. The number of aliphatic hydroxyl groups is 1. The average Bonchev–Trinajstić information content (AvgIpc) is 1.77. The van der Waals surface area contributed by atoms with Gasteiger partial charge in [0.05, 0.1) is 0 Å². The minimum absolute atomic E-state index is 0.364. The average molecular weight is 111 g/mol. The van der Waals surface area contributed by atoms with Gasteiger partial charge in [-0.3, -0.25) is 0 Å². The molecule has 1 aliphatic rings. The summed E-state index contributed by atoms with van der Waals surface area (Å²) in [5.41, 5.74) is 0. The first-order chi connectivity index (χ1) is 3.79. The van der Waals surface area contributed by atoms with Crippen LogP contribution >= 0.6 is 0 Å². The summed E-state index contributed by atoms with van der Waals surface area (Å²) in [5.74, 6) is 0.364. The Labute approximate surface area is 48.7 Å². The summed E-state index contributed by atoms with van der Waals surface area (Å²) in [7, 11) is 1.96. The minimum Gasteiger partial charge on any atom is -0.508 e. The van der Waals surface area contributed by atoms with Crippen LogP contribution in [0.4, 0.5) is 0 Å². The maximum Gasteiger partial charge on any atom is 0.114 e. The fourth-order valence-corrected chi connectivity index (χ4v) is 0.570. The van der Waals surface area contributed by atoms with Gasteiger partial charge < -0.3 is 10.0 Å². The Kier molecular flexibility index (Phi) is 1.24. The molecule has 0 saturated heterocycles. The zero-order valence-electron chi connectivity index (χ0n) is 4.83. The minimum atomic E-state index is 0.364. The molecule has 0 aromatic heterocycles. The van der Waals surface area contributed by atoms with Crippen LogP contribution in [0, 0.1) is 0 Å². The lowest BCUT2D eigenvalue weighted by Crippen LogP contribution is -2.13. The molecule has 8 heavy (non-hydrogen) atoms. The molecule has 0 aromatic rings. The number of allylic oxidation sites excluding steroid dienone is 1. The van der Waals surface area contributed by atoms with E-state index in [1.165, 1.54) is 0 Å². The molecule has 1 rings (SSSR count). The molecule has 2 nitrogen and oxygen atoms in total. The van der Waals surface area contributed by atoms with Crippen molar-refractivity contribution in [2.45, 2.75) is 0 Å². The zero-order chi connectivity index (χ0) is 5.98. The highest BCUT2D eigenvalue weighted by Crippen LogP contribution is 1.99. The van der Waals surface area contributed by atoms with Gasteiger partial charge in [0.2, 0.25) is 0 Å². The van der Waals surface area contributed by atoms with Crippen LogP contribution in [-0.4, -0.2) is 23.6 Å². The van der Waals surface area contributed by atoms with Crippen molar-refractivity contribution >= 4 is 0 Å². The number of likely N-dealkylation sites (N-methyl/N-ethyl adjacent to an activating group) is 1. The van der Waals surface area contributed by atoms with Crippen LogP contribution in [0.2, 0.25) is 0 Å². The molecule has 44 valence electrons. The predicted molar refractivity (Wildman–Crippen MR) is 32.5 cm³/mol. The van der Waals surface area contributed by atoms with Gasteiger partial charge in [0.1, 0.15) is 5.76 Å². The highest BCUT2D eigenvalue weighted by atomic mass is 16.3. The van der Waals surface area contributed by atoms with Gasteiger partial charge in [0.15, 0.2) is 0 Å². The van der Waals surface area contributed by atoms with E-state index in [0.717, 1.165) is 6.54 Å². The van der Waals surface area contributed by atoms with Crippen LogP contribution in [0.1, 0.15) is 0 Å². The van der Waals surface area contributed by atoms with Crippen molar-refractivity contribution in [3.8, 4) is 0 Å². The van der Waals surface area contributed by atoms with E-state index in [9.17, 15) is 0 Å². The smallest absolute Gasteiger partial charge is 0.114 e. The number of rotatable bonds is 0. The van der Waals surface area contributed by atoms with E-state index in [4.69, 9.17) is 5.11 Å². The lowest BCUT2D eigenvalue weighted by atomic mass is 10.3. The fourth-order valence-electron chi connectivity index (χ4n) is 0.570. The lowest BCUT2D eigenvalue weighted by molar-refractivity contribution is 0.404. The predicted octanol–water partition coefficient (Wildman–Crippen LogP) is 0.887. The van der Waals surface area contributed by atoms with E-state index in [1.807, 2.05) is 18.1 Å². The van der Waals surface area contributed by atoms with Crippen LogP contribution < -0.4 is 0 Å². The third-order valence-corrected chi connectivity index (χ3v) is 1.09. The second-order valence-electron chi connectivity index (χ2n) is 1.88. The Morgan fingerprint density at radius 3 is 2.88 bits per heavy atom. The first kappa shape index (κ1) is 5.22. The van der Waals surface area contributed by atoms with Gasteiger partial charge in [0.25, 0.3) is 0 Å². The molecule has 0 radical (unpaired) electrons. The van der Waals surface area contributed by atoms with Crippen molar-refractivity contribution in [1.29, 1.82) is 0 Å². The molecule has 0 bridgehead atoms. The van der Waals surface area contributed by atoms with Crippen molar-refractivity contribution in [2.24, 2.45) is 0 Å². The molecule has 0 aliphatic carbocycles. The van der Waals surface area contributed by atoms with Crippen LogP contribution in [-0.2, 0) is 0 Å². The summed E-state index contributed by atoms with van der Waals surface area (Å²) in [6, 6.07) is 0. The molecule has 1 heterocycles. The van der Waals surface area contributed by atoms with Crippen LogP contribution in [0.25, 0.3) is 0 Å². The monoisotopic (exact) mass is 111 g/mol. The first-order valence-electron chi connectivity index (χ1n) is 2.56. The van der Waals surface area contributed by atoms with Crippen molar-refractivity contribution in [1.82, 2.24) is 4.90 Å². The zero-order valence-corrected chi connectivity index (χ0v) is 4.83.